The maximum Gasteiger partial charge on any atom is 0.316 e. The highest BCUT2D eigenvalue weighted by Crippen LogP contribution is 2.55. The van der Waals surface area contributed by atoms with E-state index in [1.807, 2.05) is 55.5 Å². The van der Waals surface area contributed by atoms with Gasteiger partial charge >= 0.3 is 5.97 Å². The SMILES string of the molecule is CCOC(=O)C1(c2ccccc2)CC1CN(C)c1ccccc1.Cl. The number of ether oxygens (including phenoxy) is 1. The van der Waals surface area contributed by atoms with Crippen molar-refractivity contribution in [3.05, 3.63) is 66.2 Å². The Morgan fingerprint density at radius 2 is 1.71 bits per heavy atom. The standard InChI is InChI=1S/C20H23NO2.ClH/c1-3-23-19(22)20(16-10-6-4-7-11-16)14-17(20)15-21(2)18-12-8-5-9-13-18;/h4-13,17H,3,14-15H2,1-2H3;1H. The molecular formula is C20H24ClNO2. The van der Waals surface area contributed by atoms with Crippen molar-refractivity contribution in [1.29, 1.82) is 0 Å². The van der Waals surface area contributed by atoms with Gasteiger partial charge in [0.2, 0.25) is 0 Å². The van der Waals surface area contributed by atoms with Crippen molar-refractivity contribution in [1.82, 2.24) is 0 Å². The number of carbonyl (C=O) groups excluding carboxylic acids is 1. The van der Waals surface area contributed by atoms with Crippen LogP contribution in [0.3, 0.4) is 0 Å². The molecule has 2 aromatic carbocycles. The summed E-state index contributed by atoms with van der Waals surface area (Å²) in [7, 11) is 2.08. The molecule has 2 atom stereocenters. The Labute approximate surface area is 150 Å². The number of hydrogen-bond donors (Lipinski definition) is 0. The maximum atomic E-state index is 12.6. The molecule has 0 radical (unpaired) electrons. The van der Waals surface area contributed by atoms with E-state index in [0.717, 1.165) is 18.5 Å². The number of halogens is 1. The zero-order valence-electron chi connectivity index (χ0n) is 14.1. The molecule has 2 aromatic rings. The first-order valence-electron chi connectivity index (χ1n) is 8.17. The minimum atomic E-state index is -0.472. The largest absolute Gasteiger partial charge is 0.465 e. The summed E-state index contributed by atoms with van der Waals surface area (Å²) in [6.07, 6.45) is 0.854. The Hall–Kier alpha value is -2.00. The molecular weight excluding hydrogens is 322 g/mol. The van der Waals surface area contributed by atoms with Gasteiger partial charge in [-0.3, -0.25) is 4.79 Å². The fourth-order valence-electron chi connectivity index (χ4n) is 3.39. The van der Waals surface area contributed by atoms with E-state index in [-0.39, 0.29) is 24.3 Å². The third-order valence-corrected chi connectivity index (χ3v) is 4.72. The highest BCUT2D eigenvalue weighted by molar-refractivity contribution is 5.87. The summed E-state index contributed by atoms with van der Waals surface area (Å²) in [5.74, 6) is 0.201. The third kappa shape index (κ3) is 3.41. The highest BCUT2D eigenvalue weighted by atomic mass is 35.5. The Kier molecular flexibility index (Phi) is 5.89. The molecule has 3 nitrogen and oxygen atoms in total. The van der Waals surface area contributed by atoms with Gasteiger partial charge in [-0.05, 0) is 37.0 Å². The van der Waals surface area contributed by atoms with Gasteiger partial charge in [0, 0.05) is 19.3 Å². The lowest BCUT2D eigenvalue weighted by atomic mass is 9.93. The van der Waals surface area contributed by atoms with Crippen LogP contribution in [0.5, 0.6) is 0 Å². The zero-order chi connectivity index (χ0) is 16.3. The molecule has 1 aliphatic carbocycles. The number of para-hydroxylation sites is 1. The summed E-state index contributed by atoms with van der Waals surface area (Å²) in [4.78, 5) is 14.8. The fraction of sp³-hybridized carbons (Fsp3) is 0.350. The smallest absolute Gasteiger partial charge is 0.316 e. The van der Waals surface area contributed by atoms with E-state index in [1.165, 1.54) is 5.69 Å². The molecule has 24 heavy (non-hydrogen) atoms. The van der Waals surface area contributed by atoms with E-state index in [4.69, 9.17) is 4.74 Å². The first-order chi connectivity index (χ1) is 11.2. The van der Waals surface area contributed by atoms with Gasteiger partial charge in [-0.2, -0.15) is 0 Å². The Balaban J connectivity index is 0.00000208. The molecule has 0 heterocycles. The highest BCUT2D eigenvalue weighted by Gasteiger charge is 2.62. The predicted octanol–water partition coefficient (Wildman–Crippen LogP) is 4.07. The number of esters is 1. The monoisotopic (exact) mass is 345 g/mol. The molecule has 128 valence electrons. The first-order valence-corrected chi connectivity index (χ1v) is 8.17. The minimum Gasteiger partial charge on any atom is -0.465 e. The van der Waals surface area contributed by atoms with Crippen LogP contribution >= 0.6 is 12.4 Å². The average molecular weight is 346 g/mol. The van der Waals surface area contributed by atoms with Gasteiger partial charge in [0.15, 0.2) is 0 Å². The maximum absolute atomic E-state index is 12.6. The number of anilines is 1. The molecule has 2 unspecified atom stereocenters. The Morgan fingerprint density at radius 3 is 2.29 bits per heavy atom. The van der Waals surface area contributed by atoms with Crippen LogP contribution in [-0.4, -0.2) is 26.2 Å². The van der Waals surface area contributed by atoms with Crippen molar-refractivity contribution in [2.45, 2.75) is 18.8 Å². The van der Waals surface area contributed by atoms with Crippen LogP contribution in [0.2, 0.25) is 0 Å². The van der Waals surface area contributed by atoms with E-state index in [0.29, 0.717) is 6.61 Å². The molecule has 0 N–H and O–H groups in total. The summed E-state index contributed by atoms with van der Waals surface area (Å²) in [5, 5.41) is 0. The first kappa shape index (κ1) is 18.3. The van der Waals surface area contributed by atoms with Crippen LogP contribution in [0.4, 0.5) is 5.69 Å². The molecule has 0 aliphatic heterocycles. The molecule has 0 bridgehead atoms. The summed E-state index contributed by atoms with van der Waals surface area (Å²) in [6, 6.07) is 20.3. The number of hydrogen-bond acceptors (Lipinski definition) is 3. The van der Waals surface area contributed by atoms with E-state index >= 15 is 0 Å². The van der Waals surface area contributed by atoms with Crippen molar-refractivity contribution in [3.8, 4) is 0 Å². The predicted molar refractivity (Wildman–Crippen MR) is 99.8 cm³/mol. The normalized spacial score (nSPS) is 21.5. The summed E-state index contributed by atoms with van der Waals surface area (Å²) >= 11 is 0. The van der Waals surface area contributed by atoms with Crippen LogP contribution in [0.1, 0.15) is 18.9 Å². The minimum absolute atomic E-state index is 0. The van der Waals surface area contributed by atoms with Crippen molar-refractivity contribution in [3.63, 3.8) is 0 Å². The van der Waals surface area contributed by atoms with Gasteiger partial charge < -0.3 is 9.64 Å². The molecule has 0 saturated heterocycles. The van der Waals surface area contributed by atoms with Crippen molar-refractivity contribution in [2.75, 3.05) is 25.1 Å². The second kappa shape index (κ2) is 7.71. The lowest BCUT2D eigenvalue weighted by Crippen LogP contribution is -2.30. The molecule has 0 aromatic heterocycles. The summed E-state index contributed by atoms with van der Waals surface area (Å²) < 4.78 is 5.38. The lowest BCUT2D eigenvalue weighted by Gasteiger charge is -2.22. The molecule has 1 saturated carbocycles. The van der Waals surface area contributed by atoms with E-state index in [1.54, 1.807) is 0 Å². The molecule has 0 spiro atoms. The Bertz CT molecular complexity index is 662. The van der Waals surface area contributed by atoms with E-state index < -0.39 is 5.41 Å². The van der Waals surface area contributed by atoms with Crippen LogP contribution in [0.25, 0.3) is 0 Å². The van der Waals surface area contributed by atoms with E-state index in [2.05, 4.69) is 24.1 Å². The second-order valence-corrected chi connectivity index (χ2v) is 6.17. The van der Waals surface area contributed by atoms with Crippen molar-refractivity contribution >= 4 is 24.1 Å². The van der Waals surface area contributed by atoms with E-state index in [9.17, 15) is 4.79 Å². The lowest BCUT2D eigenvalue weighted by molar-refractivity contribution is -0.146. The summed E-state index contributed by atoms with van der Waals surface area (Å²) in [5.41, 5.74) is 1.77. The van der Waals surface area contributed by atoms with Gasteiger partial charge in [0.05, 0.1) is 12.0 Å². The van der Waals surface area contributed by atoms with Crippen LogP contribution < -0.4 is 4.90 Å². The van der Waals surface area contributed by atoms with Crippen LogP contribution in [0.15, 0.2) is 60.7 Å². The Morgan fingerprint density at radius 1 is 1.12 bits per heavy atom. The molecule has 0 amide bonds. The topological polar surface area (TPSA) is 29.5 Å². The van der Waals surface area contributed by atoms with Crippen molar-refractivity contribution in [2.24, 2.45) is 5.92 Å². The second-order valence-electron chi connectivity index (χ2n) is 6.17. The van der Waals surface area contributed by atoms with Gasteiger partial charge in [0.25, 0.3) is 0 Å². The third-order valence-electron chi connectivity index (χ3n) is 4.72. The number of carbonyl (C=O) groups is 1. The fourth-order valence-corrected chi connectivity index (χ4v) is 3.39. The van der Waals surface area contributed by atoms with Gasteiger partial charge in [0.1, 0.15) is 0 Å². The summed E-state index contributed by atoms with van der Waals surface area (Å²) in [6.45, 7) is 3.14. The number of benzene rings is 2. The van der Waals surface area contributed by atoms with Gasteiger partial charge in [-0.1, -0.05) is 48.5 Å². The molecule has 1 fully saturated rings. The van der Waals surface area contributed by atoms with Crippen LogP contribution in [-0.2, 0) is 14.9 Å². The number of nitrogens with zero attached hydrogens (tertiary/aromatic N) is 1. The number of rotatable bonds is 6. The molecule has 1 aliphatic rings. The van der Waals surface area contributed by atoms with Crippen LogP contribution in [0, 0.1) is 5.92 Å². The zero-order valence-corrected chi connectivity index (χ0v) is 15.0. The van der Waals surface area contributed by atoms with Gasteiger partial charge in [-0.15, -0.1) is 12.4 Å². The van der Waals surface area contributed by atoms with Gasteiger partial charge in [-0.25, -0.2) is 0 Å². The van der Waals surface area contributed by atoms with Crippen molar-refractivity contribution < 1.29 is 9.53 Å². The quantitative estimate of drug-likeness (QED) is 0.739. The average Bonchev–Trinajstić information content (AvgIpc) is 3.32. The molecule has 4 heteroatoms. The molecule has 3 rings (SSSR count).